The quantitative estimate of drug-likeness (QED) is 0.289. The molecule has 0 atom stereocenters. The van der Waals surface area contributed by atoms with E-state index >= 15 is 0 Å². The third kappa shape index (κ3) is 10.4. The van der Waals surface area contributed by atoms with Crippen LogP contribution in [0.4, 0.5) is 10.5 Å². The van der Waals surface area contributed by atoms with Crippen LogP contribution in [0.25, 0.3) is 0 Å². The van der Waals surface area contributed by atoms with Gasteiger partial charge in [0, 0.05) is 38.2 Å². The molecule has 0 aliphatic carbocycles. The average molecular weight is 525 g/mol. The van der Waals surface area contributed by atoms with Crippen LogP contribution in [-0.4, -0.2) is 42.8 Å². The molecular weight excluding hydrogens is 493 g/mol. The van der Waals surface area contributed by atoms with Crippen molar-refractivity contribution in [1.29, 1.82) is 0 Å². The second-order valence-electron chi connectivity index (χ2n) is 7.61. The summed E-state index contributed by atoms with van der Waals surface area (Å²) in [5.74, 6) is 0.775. The van der Waals surface area contributed by atoms with Gasteiger partial charge in [0.25, 0.3) is 0 Å². The Hall–Kier alpha value is -2.36. The zero-order valence-corrected chi connectivity index (χ0v) is 20.4. The van der Waals surface area contributed by atoms with Crippen molar-refractivity contribution in [2.24, 2.45) is 4.99 Å². The number of halogens is 1. The molecule has 3 N–H and O–H groups in total. The SMILES string of the molecule is CN=C(NCCc1ccc(NC(=O)OC(C)(C)C)cc1)NCCc1cccnc1.I. The molecule has 164 valence electrons. The van der Waals surface area contributed by atoms with Crippen LogP contribution in [0.5, 0.6) is 0 Å². The van der Waals surface area contributed by atoms with Crippen molar-refractivity contribution < 1.29 is 9.53 Å². The molecule has 0 saturated carbocycles. The summed E-state index contributed by atoms with van der Waals surface area (Å²) < 4.78 is 5.25. The predicted molar refractivity (Wildman–Crippen MR) is 133 cm³/mol. The van der Waals surface area contributed by atoms with Gasteiger partial charge < -0.3 is 15.4 Å². The Labute approximate surface area is 196 Å². The molecular formula is C22H32IN5O2. The molecule has 8 heteroatoms. The van der Waals surface area contributed by atoms with Gasteiger partial charge in [-0.2, -0.15) is 0 Å². The highest BCUT2D eigenvalue weighted by Gasteiger charge is 2.16. The molecule has 1 amide bonds. The number of hydrogen-bond donors (Lipinski definition) is 3. The molecule has 2 rings (SSSR count). The maximum absolute atomic E-state index is 11.8. The number of carbonyl (C=O) groups is 1. The van der Waals surface area contributed by atoms with Gasteiger partial charge >= 0.3 is 6.09 Å². The van der Waals surface area contributed by atoms with E-state index in [9.17, 15) is 4.79 Å². The molecule has 0 radical (unpaired) electrons. The van der Waals surface area contributed by atoms with Gasteiger partial charge in [-0.1, -0.05) is 18.2 Å². The molecule has 1 heterocycles. The number of anilines is 1. The number of aliphatic imine (C=N–C) groups is 1. The molecule has 0 aliphatic rings. The maximum Gasteiger partial charge on any atom is 0.412 e. The zero-order chi connectivity index (χ0) is 21.1. The minimum absolute atomic E-state index is 0. The fourth-order valence-corrected chi connectivity index (χ4v) is 2.59. The number of aromatic nitrogens is 1. The lowest BCUT2D eigenvalue weighted by atomic mass is 10.1. The van der Waals surface area contributed by atoms with E-state index in [1.807, 2.05) is 57.3 Å². The molecule has 0 saturated heterocycles. The highest BCUT2D eigenvalue weighted by Crippen LogP contribution is 2.13. The van der Waals surface area contributed by atoms with E-state index in [0.29, 0.717) is 5.69 Å². The second kappa shape index (κ2) is 13.0. The number of pyridine rings is 1. The molecule has 0 spiro atoms. The molecule has 0 fully saturated rings. The fourth-order valence-electron chi connectivity index (χ4n) is 2.59. The minimum atomic E-state index is -0.514. The third-order valence-electron chi connectivity index (χ3n) is 3.96. The topological polar surface area (TPSA) is 87.6 Å². The first-order valence-corrected chi connectivity index (χ1v) is 9.78. The maximum atomic E-state index is 11.8. The van der Waals surface area contributed by atoms with Gasteiger partial charge in [0.15, 0.2) is 5.96 Å². The van der Waals surface area contributed by atoms with Crippen molar-refractivity contribution in [3.05, 3.63) is 59.9 Å². The van der Waals surface area contributed by atoms with Crippen molar-refractivity contribution in [3.63, 3.8) is 0 Å². The van der Waals surface area contributed by atoms with Gasteiger partial charge in [0.05, 0.1) is 0 Å². The largest absolute Gasteiger partial charge is 0.444 e. The van der Waals surface area contributed by atoms with Crippen molar-refractivity contribution in [1.82, 2.24) is 15.6 Å². The number of guanidine groups is 1. The first-order chi connectivity index (χ1) is 13.9. The number of nitrogens with one attached hydrogen (secondary N) is 3. The predicted octanol–water partition coefficient (Wildman–Crippen LogP) is 4.00. The Morgan fingerprint density at radius 2 is 1.67 bits per heavy atom. The number of hydrogen-bond acceptors (Lipinski definition) is 4. The number of ether oxygens (including phenoxy) is 1. The van der Waals surface area contributed by atoms with Crippen molar-refractivity contribution >= 4 is 41.7 Å². The number of nitrogens with zero attached hydrogens (tertiary/aromatic N) is 2. The Morgan fingerprint density at radius 1 is 1.03 bits per heavy atom. The zero-order valence-electron chi connectivity index (χ0n) is 18.1. The summed E-state index contributed by atoms with van der Waals surface area (Å²) in [6.45, 7) is 7.06. The van der Waals surface area contributed by atoms with E-state index in [0.717, 1.165) is 37.5 Å². The van der Waals surface area contributed by atoms with E-state index in [4.69, 9.17) is 4.74 Å². The van der Waals surface area contributed by atoms with E-state index in [2.05, 4.69) is 32.0 Å². The molecule has 30 heavy (non-hydrogen) atoms. The third-order valence-corrected chi connectivity index (χ3v) is 3.96. The lowest BCUT2D eigenvalue weighted by Gasteiger charge is -2.19. The van der Waals surface area contributed by atoms with Crippen molar-refractivity contribution in [2.45, 2.75) is 39.2 Å². The van der Waals surface area contributed by atoms with Crippen LogP contribution in [0.2, 0.25) is 0 Å². The smallest absolute Gasteiger partial charge is 0.412 e. The van der Waals surface area contributed by atoms with Crippen LogP contribution < -0.4 is 16.0 Å². The fraction of sp³-hybridized carbons (Fsp3) is 0.409. The second-order valence-corrected chi connectivity index (χ2v) is 7.61. The molecule has 0 bridgehead atoms. The van der Waals surface area contributed by atoms with Gasteiger partial charge in [0.1, 0.15) is 5.60 Å². The monoisotopic (exact) mass is 525 g/mol. The summed E-state index contributed by atoms with van der Waals surface area (Å²) in [5.41, 5.74) is 2.55. The molecule has 0 aliphatic heterocycles. The number of rotatable bonds is 7. The molecule has 0 unspecified atom stereocenters. The van der Waals surface area contributed by atoms with E-state index in [-0.39, 0.29) is 24.0 Å². The number of benzene rings is 1. The highest BCUT2D eigenvalue weighted by atomic mass is 127. The standard InChI is InChI=1S/C22H31N5O2.HI/c1-22(2,3)29-21(28)27-19-9-7-17(8-10-19)11-14-25-20(23-4)26-15-12-18-6-5-13-24-16-18;/h5-10,13,16H,11-12,14-15H2,1-4H3,(H,27,28)(H2,23,25,26);1H. The van der Waals surface area contributed by atoms with Crippen LogP contribution in [0.15, 0.2) is 53.8 Å². The first kappa shape index (κ1) is 25.7. The van der Waals surface area contributed by atoms with E-state index in [1.165, 1.54) is 5.56 Å². The summed E-state index contributed by atoms with van der Waals surface area (Å²) in [5, 5.41) is 9.35. The lowest BCUT2D eigenvalue weighted by Crippen LogP contribution is -2.39. The Kier molecular flexibility index (Phi) is 11.2. The summed E-state index contributed by atoms with van der Waals surface area (Å²) in [4.78, 5) is 20.2. The van der Waals surface area contributed by atoms with Crippen LogP contribution >= 0.6 is 24.0 Å². The van der Waals surface area contributed by atoms with Gasteiger partial charge in [-0.25, -0.2) is 4.79 Å². The molecule has 1 aromatic heterocycles. The normalized spacial score (nSPS) is 11.3. The van der Waals surface area contributed by atoms with Crippen molar-refractivity contribution in [3.8, 4) is 0 Å². The lowest BCUT2D eigenvalue weighted by molar-refractivity contribution is 0.0636. The van der Waals surface area contributed by atoms with Crippen LogP contribution in [0, 0.1) is 0 Å². The van der Waals surface area contributed by atoms with Crippen LogP contribution in [-0.2, 0) is 17.6 Å². The number of carbonyl (C=O) groups excluding carboxylic acids is 1. The first-order valence-electron chi connectivity index (χ1n) is 9.78. The van der Waals surface area contributed by atoms with Gasteiger partial charge in [-0.05, 0) is 62.9 Å². The van der Waals surface area contributed by atoms with Crippen LogP contribution in [0.1, 0.15) is 31.9 Å². The number of amides is 1. The van der Waals surface area contributed by atoms with E-state index < -0.39 is 11.7 Å². The van der Waals surface area contributed by atoms with Gasteiger partial charge in [0.2, 0.25) is 0 Å². The summed E-state index contributed by atoms with van der Waals surface area (Å²) in [7, 11) is 1.76. The Bertz CT molecular complexity index is 789. The summed E-state index contributed by atoms with van der Waals surface area (Å²) in [6.07, 6.45) is 4.93. The molecule has 7 nitrogen and oxygen atoms in total. The molecule has 1 aromatic carbocycles. The van der Waals surface area contributed by atoms with Crippen LogP contribution in [0.3, 0.4) is 0 Å². The van der Waals surface area contributed by atoms with Crippen molar-refractivity contribution in [2.75, 3.05) is 25.5 Å². The Morgan fingerprint density at radius 3 is 2.20 bits per heavy atom. The summed E-state index contributed by atoms with van der Waals surface area (Å²) >= 11 is 0. The highest BCUT2D eigenvalue weighted by molar-refractivity contribution is 14.0. The minimum Gasteiger partial charge on any atom is -0.444 e. The Balaban J connectivity index is 0.00000450. The van der Waals surface area contributed by atoms with Gasteiger partial charge in [-0.15, -0.1) is 24.0 Å². The average Bonchev–Trinajstić information content (AvgIpc) is 2.67. The van der Waals surface area contributed by atoms with E-state index in [1.54, 1.807) is 13.2 Å². The van der Waals surface area contributed by atoms with Gasteiger partial charge in [-0.3, -0.25) is 15.3 Å². The summed E-state index contributed by atoms with van der Waals surface area (Å²) in [6, 6.07) is 11.7. The molecule has 2 aromatic rings.